The van der Waals surface area contributed by atoms with E-state index in [4.69, 9.17) is 5.73 Å². The van der Waals surface area contributed by atoms with Crippen molar-refractivity contribution >= 4 is 0 Å². The van der Waals surface area contributed by atoms with E-state index in [2.05, 4.69) is 0 Å². The molecule has 2 unspecified atom stereocenters. The third-order valence-corrected chi connectivity index (χ3v) is 2.09. The second kappa shape index (κ2) is 4.21. The van der Waals surface area contributed by atoms with Crippen LogP contribution in [0.4, 0.5) is 4.39 Å². The van der Waals surface area contributed by atoms with Gasteiger partial charge in [0.05, 0.1) is 0 Å². The Morgan fingerprint density at radius 3 is 2.42 bits per heavy atom. The van der Waals surface area contributed by atoms with Crippen LogP contribution in [0.2, 0.25) is 0 Å². The monoisotopic (exact) mass is 167 g/mol. The van der Waals surface area contributed by atoms with Crippen molar-refractivity contribution in [1.29, 1.82) is 0 Å². The van der Waals surface area contributed by atoms with Crippen molar-refractivity contribution in [2.75, 3.05) is 6.54 Å². The average Bonchev–Trinajstić information content (AvgIpc) is 2.17. The third kappa shape index (κ3) is 2.05. The van der Waals surface area contributed by atoms with Gasteiger partial charge in [-0.2, -0.15) is 0 Å². The van der Waals surface area contributed by atoms with Gasteiger partial charge in [-0.25, -0.2) is 4.39 Å². The molecule has 2 heteroatoms. The SMILES string of the molecule is CC(c1ccccc1)C(F)CN. The summed E-state index contributed by atoms with van der Waals surface area (Å²) in [7, 11) is 0. The van der Waals surface area contributed by atoms with Crippen molar-refractivity contribution in [3.63, 3.8) is 0 Å². The Morgan fingerprint density at radius 2 is 1.92 bits per heavy atom. The maximum absolute atomic E-state index is 13.1. The largest absolute Gasteiger partial charge is 0.328 e. The summed E-state index contributed by atoms with van der Waals surface area (Å²) in [4.78, 5) is 0. The number of alkyl halides is 1. The maximum atomic E-state index is 13.1. The van der Waals surface area contributed by atoms with Crippen LogP contribution < -0.4 is 5.73 Å². The van der Waals surface area contributed by atoms with Gasteiger partial charge < -0.3 is 5.73 Å². The Kier molecular flexibility index (Phi) is 3.23. The number of benzene rings is 1. The summed E-state index contributed by atoms with van der Waals surface area (Å²) in [6, 6.07) is 9.59. The molecule has 0 saturated carbocycles. The Labute approximate surface area is 72.4 Å². The average molecular weight is 167 g/mol. The zero-order valence-corrected chi connectivity index (χ0v) is 7.20. The van der Waals surface area contributed by atoms with Crippen molar-refractivity contribution in [2.45, 2.75) is 19.0 Å². The Balaban J connectivity index is 2.71. The first-order valence-electron chi connectivity index (χ1n) is 4.14. The minimum Gasteiger partial charge on any atom is -0.328 e. The highest BCUT2D eigenvalue weighted by molar-refractivity contribution is 5.19. The minimum atomic E-state index is -0.938. The summed E-state index contributed by atoms with van der Waals surface area (Å²) in [6.45, 7) is 1.95. The lowest BCUT2D eigenvalue weighted by Gasteiger charge is -2.14. The molecule has 1 aromatic rings. The second-order valence-electron chi connectivity index (χ2n) is 2.95. The van der Waals surface area contributed by atoms with Crippen LogP contribution in [0, 0.1) is 0 Å². The smallest absolute Gasteiger partial charge is 0.119 e. The standard InChI is InChI=1S/C10H14FN/c1-8(10(11)7-12)9-5-3-2-4-6-9/h2-6,8,10H,7,12H2,1H3. The number of hydrogen-bond donors (Lipinski definition) is 1. The fourth-order valence-electron chi connectivity index (χ4n) is 1.17. The van der Waals surface area contributed by atoms with E-state index < -0.39 is 6.17 Å². The highest BCUT2D eigenvalue weighted by Crippen LogP contribution is 2.20. The lowest BCUT2D eigenvalue weighted by molar-refractivity contribution is 0.299. The summed E-state index contributed by atoms with van der Waals surface area (Å²) in [5.41, 5.74) is 6.24. The molecule has 1 rings (SSSR count). The number of hydrogen-bond acceptors (Lipinski definition) is 1. The van der Waals surface area contributed by atoms with E-state index in [-0.39, 0.29) is 12.5 Å². The van der Waals surface area contributed by atoms with E-state index in [1.807, 2.05) is 37.3 Å². The maximum Gasteiger partial charge on any atom is 0.119 e. The van der Waals surface area contributed by atoms with Crippen LogP contribution in [0.5, 0.6) is 0 Å². The molecule has 0 amide bonds. The normalized spacial score (nSPS) is 15.6. The quantitative estimate of drug-likeness (QED) is 0.733. The molecule has 66 valence electrons. The molecule has 0 spiro atoms. The molecular formula is C10H14FN. The predicted octanol–water partition coefficient (Wildman–Crippen LogP) is 2.09. The second-order valence-corrected chi connectivity index (χ2v) is 2.95. The zero-order chi connectivity index (χ0) is 8.97. The molecule has 0 aliphatic rings. The van der Waals surface area contributed by atoms with Gasteiger partial charge >= 0.3 is 0 Å². The third-order valence-electron chi connectivity index (χ3n) is 2.09. The molecule has 2 N–H and O–H groups in total. The predicted molar refractivity (Wildman–Crippen MR) is 48.8 cm³/mol. The highest BCUT2D eigenvalue weighted by Gasteiger charge is 2.15. The van der Waals surface area contributed by atoms with Gasteiger partial charge in [-0.15, -0.1) is 0 Å². The summed E-state index contributed by atoms with van der Waals surface area (Å²) in [5, 5.41) is 0. The summed E-state index contributed by atoms with van der Waals surface area (Å²) >= 11 is 0. The van der Waals surface area contributed by atoms with Crippen molar-refractivity contribution in [2.24, 2.45) is 5.73 Å². The molecule has 1 nitrogen and oxygen atoms in total. The first-order valence-corrected chi connectivity index (χ1v) is 4.14. The molecule has 12 heavy (non-hydrogen) atoms. The van der Waals surface area contributed by atoms with E-state index in [0.717, 1.165) is 5.56 Å². The van der Waals surface area contributed by atoms with E-state index in [9.17, 15) is 4.39 Å². The lowest BCUT2D eigenvalue weighted by Crippen LogP contribution is -2.21. The summed E-state index contributed by atoms with van der Waals surface area (Å²) < 4.78 is 13.1. The molecule has 0 bridgehead atoms. The van der Waals surface area contributed by atoms with E-state index in [1.54, 1.807) is 0 Å². The van der Waals surface area contributed by atoms with Crippen molar-refractivity contribution < 1.29 is 4.39 Å². The highest BCUT2D eigenvalue weighted by atomic mass is 19.1. The summed E-state index contributed by atoms with van der Waals surface area (Å²) in [6.07, 6.45) is -0.938. The number of halogens is 1. The number of rotatable bonds is 3. The molecular weight excluding hydrogens is 153 g/mol. The molecule has 0 fully saturated rings. The van der Waals surface area contributed by atoms with Gasteiger partial charge in [0.2, 0.25) is 0 Å². The molecule has 0 aliphatic heterocycles. The van der Waals surface area contributed by atoms with E-state index in [1.165, 1.54) is 0 Å². The fourth-order valence-corrected chi connectivity index (χ4v) is 1.17. The fraction of sp³-hybridized carbons (Fsp3) is 0.400. The van der Waals surface area contributed by atoms with Gasteiger partial charge in [0.1, 0.15) is 6.17 Å². The Hall–Kier alpha value is -0.890. The van der Waals surface area contributed by atoms with Crippen LogP contribution in [0.1, 0.15) is 18.4 Å². The first-order chi connectivity index (χ1) is 5.75. The van der Waals surface area contributed by atoms with Crippen LogP contribution in [0.3, 0.4) is 0 Å². The van der Waals surface area contributed by atoms with E-state index >= 15 is 0 Å². The molecule has 0 heterocycles. The van der Waals surface area contributed by atoms with Gasteiger partial charge in [0.25, 0.3) is 0 Å². The van der Waals surface area contributed by atoms with Crippen molar-refractivity contribution in [3.8, 4) is 0 Å². The van der Waals surface area contributed by atoms with E-state index in [0.29, 0.717) is 0 Å². The van der Waals surface area contributed by atoms with Crippen LogP contribution >= 0.6 is 0 Å². The first kappa shape index (κ1) is 9.20. The number of nitrogens with two attached hydrogens (primary N) is 1. The molecule has 1 aromatic carbocycles. The Bertz CT molecular complexity index is 223. The molecule has 0 aromatic heterocycles. The minimum absolute atomic E-state index is 0.0933. The van der Waals surface area contributed by atoms with Crippen LogP contribution in [0.15, 0.2) is 30.3 Å². The van der Waals surface area contributed by atoms with Crippen LogP contribution in [-0.2, 0) is 0 Å². The zero-order valence-electron chi connectivity index (χ0n) is 7.20. The van der Waals surface area contributed by atoms with Gasteiger partial charge in [0.15, 0.2) is 0 Å². The van der Waals surface area contributed by atoms with Crippen molar-refractivity contribution in [1.82, 2.24) is 0 Å². The lowest BCUT2D eigenvalue weighted by atomic mass is 9.96. The molecule has 0 saturated heterocycles. The molecule has 0 radical (unpaired) electrons. The van der Waals surface area contributed by atoms with Crippen LogP contribution in [0.25, 0.3) is 0 Å². The molecule has 0 aliphatic carbocycles. The summed E-state index contributed by atoms with van der Waals surface area (Å²) in [5.74, 6) is -0.101. The Morgan fingerprint density at radius 1 is 1.33 bits per heavy atom. The van der Waals surface area contributed by atoms with Gasteiger partial charge in [-0.05, 0) is 5.56 Å². The van der Waals surface area contributed by atoms with Gasteiger partial charge in [-0.3, -0.25) is 0 Å². The topological polar surface area (TPSA) is 26.0 Å². The molecule has 2 atom stereocenters. The van der Waals surface area contributed by atoms with Crippen molar-refractivity contribution in [3.05, 3.63) is 35.9 Å². The van der Waals surface area contributed by atoms with Crippen LogP contribution in [-0.4, -0.2) is 12.7 Å². The van der Waals surface area contributed by atoms with Gasteiger partial charge in [-0.1, -0.05) is 37.3 Å². The van der Waals surface area contributed by atoms with Gasteiger partial charge in [0, 0.05) is 12.5 Å².